The number of carbonyl (C=O) groups excluding carboxylic acids is 1. The van der Waals surface area contributed by atoms with E-state index < -0.39 is 0 Å². The Labute approximate surface area is 116 Å². The van der Waals surface area contributed by atoms with Crippen molar-refractivity contribution in [3.05, 3.63) is 12.2 Å². The Hall–Kier alpha value is -0.910. The van der Waals surface area contributed by atoms with Crippen LogP contribution in [-0.2, 0) is 4.79 Å². The summed E-state index contributed by atoms with van der Waals surface area (Å²) in [7, 11) is 1.66. The molecule has 0 aromatic heterocycles. The van der Waals surface area contributed by atoms with Gasteiger partial charge in [0.1, 0.15) is 0 Å². The summed E-state index contributed by atoms with van der Waals surface area (Å²) in [5, 5.41) is 6.00. The van der Waals surface area contributed by atoms with Crippen LogP contribution in [0, 0.1) is 0 Å². The van der Waals surface area contributed by atoms with Gasteiger partial charge in [0.15, 0.2) is 0 Å². The number of hydrogen-bond acceptors (Lipinski definition) is 4. The molecule has 19 heavy (non-hydrogen) atoms. The molecule has 2 aliphatic heterocycles. The number of piperazine rings is 1. The zero-order valence-electron chi connectivity index (χ0n) is 11.9. The fourth-order valence-electron chi connectivity index (χ4n) is 2.91. The molecule has 1 amide bonds. The van der Waals surface area contributed by atoms with Crippen molar-refractivity contribution in [3.63, 3.8) is 0 Å². The van der Waals surface area contributed by atoms with Crippen LogP contribution in [0.1, 0.15) is 12.8 Å². The molecule has 0 unspecified atom stereocenters. The van der Waals surface area contributed by atoms with Crippen molar-refractivity contribution in [1.82, 2.24) is 20.4 Å². The Morgan fingerprint density at radius 3 is 2.58 bits per heavy atom. The second kappa shape index (κ2) is 7.62. The Kier molecular flexibility index (Phi) is 5.82. The van der Waals surface area contributed by atoms with Gasteiger partial charge in [-0.3, -0.25) is 14.6 Å². The minimum absolute atomic E-state index is 0.0179. The maximum atomic E-state index is 11.1. The Morgan fingerprint density at radius 2 is 1.95 bits per heavy atom. The SMILES string of the molecule is CNC(=O)C=CCN1CCC(N2CCNCC2)CC1. The lowest BCUT2D eigenvalue weighted by molar-refractivity contribution is -0.116. The van der Waals surface area contributed by atoms with Gasteiger partial charge in [-0.15, -0.1) is 0 Å². The fourth-order valence-corrected chi connectivity index (χ4v) is 2.91. The van der Waals surface area contributed by atoms with Gasteiger partial charge in [0.05, 0.1) is 0 Å². The van der Waals surface area contributed by atoms with Crippen LogP contribution < -0.4 is 10.6 Å². The van der Waals surface area contributed by atoms with E-state index >= 15 is 0 Å². The average Bonchev–Trinajstić information content (AvgIpc) is 2.48. The second-order valence-electron chi connectivity index (χ2n) is 5.33. The highest BCUT2D eigenvalue weighted by molar-refractivity contribution is 5.87. The van der Waals surface area contributed by atoms with E-state index in [4.69, 9.17) is 0 Å². The first-order chi connectivity index (χ1) is 9.29. The molecule has 0 aliphatic carbocycles. The van der Waals surface area contributed by atoms with E-state index in [2.05, 4.69) is 20.4 Å². The van der Waals surface area contributed by atoms with Gasteiger partial charge in [-0.1, -0.05) is 6.08 Å². The lowest BCUT2D eigenvalue weighted by Crippen LogP contribution is -2.51. The normalized spacial score (nSPS) is 23.8. The molecule has 2 heterocycles. The summed E-state index contributed by atoms with van der Waals surface area (Å²) in [6, 6.07) is 0.765. The van der Waals surface area contributed by atoms with Gasteiger partial charge in [-0.25, -0.2) is 0 Å². The van der Waals surface area contributed by atoms with Crippen molar-refractivity contribution in [2.75, 3.05) is 52.9 Å². The van der Waals surface area contributed by atoms with Crippen LogP contribution in [0.4, 0.5) is 0 Å². The number of piperidine rings is 1. The summed E-state index contributed by atoms with van der Waals surface area (Å²) in [6.07, 6.45) is 6.11. The minimum Gasteiger partial charge on any atom is -0.356 e. The summed E-state index contributed by atoms with van der Waals surface area (Å²) in [5.41, 5.74) is 0. The van der Waals surface area contributed by atoms with Gasteiger partial charge < -0.3 is 10.6 Å². The van der Waals surface area contributed by atoms with Crippen molar-refractivity contribution in [3.8, 4) is 0 Å². The quantitative estimate of drug-likeness (QED) is 0.684. The number of nitrogens with zero attached hydrogens (tertiary/aromatic N) is 2. The first kappa shape index (κ1) is 14.5. The van der Waals surface area contributed by atoms with Crippen LogP contribution in [0.15, 0.2) is 12.2 Å². The first-order valence-corrected chi connectivity index (χ1v) is 7.35. The lowest BCUT2D eigenvalue weighted by Gasteiger charge is -2.40. The number of hydrogen-bond donors (Lipinski definition) is 2. The van der Waals surface area contributed by atoms with E-state index in [1.807, 2.05) is 6.08 Å². The molecule has 2 fully saturated rings. The molecular weight excluding hydrogens is 240 g/mol. The van der Waals surface area contributed by atoms with Gasteiger partial charge in [0.2, 0.25) is 5.91 Å². The monoisotopic (exact) mass is 266 g/mol. The number of carbonyl (C=O) groups is 1. The third kappa shape index (κ3) is 4.60. The highest BCUT2D eigenvalue weighted by Crippen LogP contribution is 2.16. The second-order valence-corrected chi connectivity index (χ2v) is 5.33. The third-order valence-corrected chi connectivity index (χ3v) is 4.10. The first-order valence-electron chi connectivity index (χ1n) is 7.35. The summed E-state index contributed by atoms with van der Waals surface area (Å²) in [5.74, 6) is -0.0179. The van der Waals surface area contributed by atoms with Crippen LogP contribution in [0.2, 0.25) is 0 Å². The molecule has 0 bridgehead atoms. The van der Waals surface area contributed by atoms with Crippen LogP contribution in [0.25, 0.3) is 0 Å². The number of likely N-dealkylation sites (N-methyl/N-ethyl adjacent to an activating group) is 1. The maximum absolute atomic E-state index is 11.1. The van der Waals surface area contributed by atoms with Gasteiger partial charge >= 0.3 is 0 Å². The maximum Gasteiger partial charge on any atom is 0.243 e. The summed E-state index contributed by atoms with van der Waals surface area (Å²) in [4.78, 5) is 16.1. The average molecular weight is 266 g/mol. The Morgan fingerprint density at radius 1 is 1.26 bits per heavy atom. The molecule has 0 atom stereocenters. The topological polar surface area (TPSA) is 47.6 Å². The van der Waals surface area contributed by atoms with Gasteiger partial charge in [0, 0.05) is 51.9 Å². The fraction of sp³-hybridized carbons (Fsp3) is 0.786. The molecule has 2 N–H and O–H groups in total. The van der Waals surface area contributed by atoms with E-state index in [0.717, 1.165) is 38.8 Å². The molecule has 5 nitrogen and oxygen atoms in total. The van der Waals surface area contributed by atoms with Crippen molar-refractivity contribution in [1.29, 1.82) is 0 Å². The standard InChI is InChI=1S/C14H26N4O/c1-15-14(19)3-2-8-17-9-4-13(5-10-17)18-11-6-16-7-12-18/h2-3,13,16H,4-12H2,1H3,(H,15,19). The molecular formula is C14H26N4O. The van der Waals surface area contributed by atoms with Gasteiger partial charge in [-0.2, -0.15) is 0 Å². The zero-order chi connectivity index (χ0) is 13.5. The molecule has 0 spiro atoms. The van der Waals surface area contributed by atoms with Crippen molar-refractivity contribution < 1.29 is 4.79 Å². The Bertz CT molecular complexity index is 305. The molecule has 0 radical (unpaired) electrons. The van der Waals surface area contributed by atoms with Crippen LogP contribution in [-0.4, -0.2) is 74.6 Å². The van der Waals surface area contributed by atoms with Gasteiger partial charge in [0.25, 0.3) is 0 Å². The summed E-state index contributed by atoms with van der Waals surface area (Å²) < 4.78 is 0. The predicted molar refractivity (Wildman–Crippen MR) is 77.1 cm³/mol. The number of amides is 1. The summed E-state index contributed by atoms with van der Waals surface area (Å²) >= 11 is 0. The zero-order valence-corrected chi connectivity index (χ0v) is 11.9. The largest absolute Gasteiger partial charge is 0.356 e. The van der Waals surface area contributed by atoms with Crippen molar-refractivity contribution >= 4 is 5.91 Å². The molecule has 2 rings (SSSR count). The highest BCUT2D eigenvalue weighted by Gasteiger charge is 2.24. The number of rotatable bonds is 4. The van der Waals surface area contributed by atoms with Gasteiger partial charge in [-0.05, 0) is 25.9 Å². The molecule has 5 heteroatoms. The van der Waals surface area contributed by atoms with E-state index in [-0.39, 0.29) is 5.91 Å². The summed E-state index contributed by atoms with van der Waals surface area (Å²) in [6.45, 7) is 7.84. The van der Waals surface area contributed by atoms with E-state index in [1.54, 1.807) is 13.1 Å². The number of likely N-dealkylation sites (tertiary alicyclic amines) is 1. The number of nitrogens with one attached hydrogen (secondary N) is 2. The molecule has 0 aromatic carbocycles. The molecule has 0 saturated carbocycles. The Balaban J connectivity index is 1.67. The molecule has 108 valence electrons. The lowest BCUT2D eigenvalue weighted by atomic mass is 10.0. The molecule has 2 aliphatic rings. The minimum atomic E-state index is -0.0179. The molecule has 2 saturated heterocycles. The van der Waals surface area contributed by atoms with Crippen molar-refractivity contribution in [2.45, 2.75) is 18.9 Å². The van der Waals surface area contributed by atoms with Crippen LogP contribution in [0.3, 0.4) is 0 Å². The highest BCUT2D eigenvalue weighted by atomic mass is 16.1. The van der Waals surface area contributed by atoms with Crippen LogP contribution >= 0.6 is 0 Å². The predicted octanol–water partition coefficient (Wildman–Crippen LogP) is -0.342. The van der Waals surface area contributed by atoms with E-state index in [1.165, 1.54) is 25.9 Å². The third-order valence-electron chi connectivity index (χ3n) is 4.10. The molecule has 0 aromatic rings. The van der Waals surface area contributed by atoms with Crippen LogP contribution in [0.5, 0.6) is 0 Å². The van der Waals surface area contributed by atoms with Crippen molar-refractivity contribution in [2.24, 2.45) is 0 Å². The smallest absolute Gasteiger partial charge is 0.243 e. The van der Waals surface area contributed by atoms with E-state index in [9.17, 15) is 4.79 Å². The van der Waals surface area contributed by atoms with E-state index in [0.29, 0.717) is 0 Å².